The summed E-state index contributed by atoms with van der Waals surface area (Å²) in [6, 6.07) is 86.1. The van der Waals surface area contributed by atoms with Gasteiger partial charge in [-0.15, -0.1) is 0 Å². The van der Waals surface area contributed by atoms with E-state index >= 15 is 0 Å². The van der Waals surface area contributed by atoms with Crippen LogP contribution in [0.2, 0.25) is 0 Å². The van der Waals surface area contributed by atoms with Gasteiger partial charge in [-0.25, -0.2) is 0 Å². The Morgan fingerprint density at radius 1 is 0.250 bits per heavy atom. The minimum absolute atomic E-state index is 0.0670. The van der Waals surface area contributed by atoms with E-state index < -0.39 is 0 Å². The third kappa shape index (κ3) is 6.79. The van der Waals surface area contributed by atoms with Gasteiger partial charge in [-0.05, 0) is 194 Å². The van der Waals surface area contributed by atoms with Crippen LogP contribution < -0.4 is 4.74 Å². The maximum atomic E-state index is 6.82. The molecule has 0 saturated heterocycles. The molecule has 0 saturated carbocycles. The van der Waals surface area contributed by atoms with E-state index in [4.69, 9.17) is 26.8 Å². The summed E-state index contributed by atoms with van der Waals surface area (Å²) in [4.78, 5) is 0. The predicted molar refractivity (Wildman–Crippen MR) is 340 cm³/mol. The number of hydrogen-bond acceptors (Lipinski definition) is 6. The Bertz CT molecular complexity index is 5400. The average molecular weight is 1080 g/mol. The topological polar surface area (TPSA) is 74.9 Å². The lowest BCUT2D eigenvalue weighted by Gasteiger charge is -2.20. The van der Waals surface area contributed by atoms with E-state index in [0.717, 1.165) is 183 Å². The number of furan rings is 5. The Hall–Kier alpha value is -11.1. The third-order valence-corrected chi connectivity index (χ3v) is 17.8. The molecule has 84 heavy (non-hydrogen) atoms. The number of benzene rings is 12. The Morgan fingerprint density at radius 2 is 0.583 bits per heavy atom. The molecule has 2 aliphatic rings. The van der Waals surface area contributed by atoms with E-state index in [1.807, 2.05) is 24.3 Å². The summed E-state index contributed by atoms with van der Waals surface area (Å²) in [7, 11) is 0. The second-order valence-corrected chi connectivity index (χ2v) is 22.5. The van der Waals surface area contributed by atoms with Gasteiger partial charge in [-0.2, -0.15) is 0 Å². The SMILES string of the molecule is C1=CC2Oc3ccc(-c4cc(-c5ccc6oc7ccc8oc9ccc(-c%10ccccc%10)cc9c8c7c6c5)cc(-c5ccc6oc7ccc8oc9ccc(-c%10ccccc%10)cc9c8c7c6c5)c4)cc3C2c2c1oc1ccc(-c3ccccc3)cc21. The van der Waals surface area contributed by atoms with Crippen LogP contribution in [-0.2, 0) is 0 Å². The largest absolute Gasteiger partial charge is 0.485 e. The summed E-state index contributed by atoms with van der Waals surface area (Å²) in [6.45, 7) is 0. The van der Waals surface area contributed by atoms with Gasteiger partial charge in [0.2, 0.25) is 0 Å². The number of ether oxygens (including phenoxy) is 1. The molecule has 19 rings (SSSR count). The van der Waals surface area contributed by atoms with Crippen molar-refractivity contribution in [3.8, 4) is 72.5 Å². The highest BCUT2D eigenvalue weighted by Crippen LogP contribution is 2.52. The van der Waals surface area contributed by atoms with Crippen LogP contribution >= 0.6 is 0 Å². The minimum Gasteiger partial charge on any atom is -0.485 e. The fraction of sp³-hybridized carbons (Fsp3) is 0.0256. The van der Waals surface area contributed by atoms with E-state index in [1.165, 1.54) is 5.56 Å². The van der Waals surface area contributed by atoms with Gasteiger partial charge in [-0.3, -0.25) is 0 Å². The van der Waals surface area contributed by atoms with Crippen LogP contribution in [0.25, 0.3) is 172 Å². The molecule has 0 N–H and O–H groups in total. The molecule has 17 aromatic rings. The van der Waals surface area contributed by atoms with Crippen LogP contribution in [0.1, 0.15) is 22.8 Å². The average Bonchev–Trinajstić information content (AvgIpc) is 3.93. The fourth-order valence-corrected chi connectivity index (χ4v) is 13.9. The first-order valence-electron chi connectivity index (χ1n) is 28.6. The number of rotatable bonds is 6. The van der Waals surface area contributed by atoms with Crippen LogP contribution in [0.5, 0.6) is 5.75 Å². The van der Waals surface area contributed by atoms with Crippen molar-refractivity contribution >= 4 is 105 Å². The summed E-state index contributed by atoms with van der Waals surface area (Å²) in [5.41, 5.74) is 23.0. The molecule has 0 radical (unpaired) electrons. The third-order valence-electron chi connectivity index (χ3n) is 17.8. The van der Waals surface area contributed by atoms with Gasteiger partial charge in [0.25, 0.3) is 0 Å². The van der Waals surface area contributed by atoms with E-state index in [0.29, 0.717) is 0 Å². The molecular formula is C78H44O6. The van der Waals surface area contributed by atoms with Gasteiger partial charge in [-0.1, -0.05) is 127 Å². The maximum absolute atomic E-state index is 6.82. The van der Waals surface area contributed by atoms with Crippen molar-refractivity contribution in [3.63, 3.8) is 0 Å². The zero-order chi connectivity index (χ0) is 54.7. The highest BCUT2D eigenvalue weighted by atomic mass is 16.5. The molecule has 6 nitrogen and oxygen atoms in total. The quantitative estimate of drug-likeness (QED) is 0.165. The standard InChI is InChI=1S/C78H44O6/c1-4-10-43(11-5-1)46-16-22-61-55(37-46)73-67(79-61)28-31-70-76(73)58-40-49(19-25-64(58)82-70)52-34-53(50-20-26-65-59(41-50)77-71(83-65)32-29-68-74(77)56-38-47(17-23-62(56)80-68)44-12-6-2-7-13-44)36-54(35-52)51-21-27-66-60(42-51)78-72(84-66)33-30-69-75(78)57-39-48(18-24-63(57)81-69)45-14-8-3-9-15-45/h1-42,70,76H. The second-order valence-electron chi connectivity index (χ2n) is 22.5. The monoisotopic (exact) mass is 1080 g/mol. The fourth-order valence-electron chi connectivity index (χ4n) is 13.9. The van der Waals surface area contributed by atoms with Crippen molar-refractivity contribution in [1.82, 2.24) is 0 Å². The lowest BCUT2D eigenvalue weighted by atomic mass is 9.82. The first-order valence-corrected chi connectivity index (χ1v) is 28.6. The van der Waals surface area contributed by atoms with Crippen molar-refractivity contribution in [2.45, 2.75) is 12.0 Å². The Morgan fingerprint density at radius 3 is 0.988 bits per heavy atom. The summed E-state index contributed by atoms with van der Waals surface area (Å²) in [6.07, 6.45) is 4.07. The molecule has 392 valence electrons. The van der Waals surface area contributed by atoms with E-state index in [-0.39, 0.29) is 12.0 Å². The molecule has 0 fully saturated rings. The van der Waals surface area contributed by atoms with Gasteiger partial charge in [0.1, 0.15) is 67.9 Å². The molecule has 2 unspecified atom stereocenters. The summed E-state index contributed by atoms with van der Waals surface area (Å²) < 4.78 is 40.0. The van der Waals surface area contributed by atoms with Gasteiger partial charge in [0.05, 0.1) is 5.92 Å². The minimum atomic E-state index is -0.175. The van der Waals surface area contributed by atoms with Gasteiger partial charge >= 0.3 is 0 Å². The zero-order valence-electron chi connectivity index (χ0n) is 44.9. The molecule has 5 aromatic heterocycles. The molecule has 1 aliphatic heterocycles. The van der Waals surface area contributed by atoms with Crippen molar-refractivity contribution in [3.05, 3.63) is 266 Å². The van der Waals surface area contributed by atoms with Crippen molar-refractivity contribution < 1.29 is 26.8 Å². The van der Waals surface area contributed by atoms with E-state index in [1.54, 1.807) is 0 Å². The lowest BCUT2D eigenvalue weighted by Crippen LogP contribution is -2.19. The smallest absolute Gasteiger partial charge is 0.136 e. The number of hydrogen-bond donors (Lipinski definition) is 0. The molecule has 6 heteroatoms. The summed E-state index contributed by atoms with van der Waals surface area (Å²) in [5, 5.41) is 9.42. The molecular weight excluding hydrogens is 1030 g/mol. The van der Waals surface area contributed by atoms with Gasteiger partial charge < -0.3 is 26.8 Å². The molecule has 6 heterocycles. The highest BCUT2D eigenvalue weighted by molar-refractivity contribution is 6.28. The zero-order valence-corrected chi connectivity index (χ0v) is 44.9. The lowest BCUT2D eigenvalue weighted by molar-refractivity contribution is 0.266. The van der Waals surface area contributed by atoms with Crippen LogP contribution in [0.3, 0.4) is 0 Å². The van der Waals surface area contributed by atoms with E-state index in [2.05, 4.69) is 231 Å². The highest BCUT2D eigenvalue weighted by Gasteiger charge is 2.40. The van der Waals surface area contributed by atoms with Crippen LogP contribution in [0.4, 0.5) is 0 Å². The Kier molecular flexibility index (Phi) is 9.36. The molecule has 0 amide bonds. The molecule has 1 aliphatic carbocycles. The number of fused-ring (bicyclic) bond motifs is 21. The first-order chi connectivity index (χ1) is 41.5. The molecule has 0 spiro atoms. The molecule has 0 bridgehead atoms. The Balaban J connectivity index is 0.807. The molecule has 2 atom stereocenters. The van der Waals surface area contributed by atoms with Crippen LogP contribution in [0, 0.1) is 0 Å². The Labute approximate surface area is 479 Å². The summed E-state index contributed by atoms with van der Waals surface area (Å²) >= 11 is 0. The summed E-state index contributed by atoms with van der Waals surface area (Å²) in [5.74, 6) is 1.69. The second kappa shape index (κ2) is 17.2. The maximum Gasteiger partial charge on any atom is 0.136 e. The van der Waals surface area contributed by atoms with Gasteiger partial charge in [0, 0.05) is 59.6 Å². The normalized spacial score (nSPS) is 14.7. The first kappa shape index (κ1) is 45.6. The molecule has 12 aromatic carbocycles. The van der Waals surface area contributed by atoms with Gasteiger partial charge in [0.15, 0.2) is 0 Å². The van der Waals surface area contributed by atoms with Crippen molar-refractivity contribution in [2.75, 3.05) is 0 Å². The van der Waals surface area contributed by atoms with Crippen molar-refractivity contribution in [2.24, 2.45) is 0 Å². The van der Waals surface area contributed by atoms with Crippen LogP contribution in [-0.4, -0.2) is 6.10 Å². The van der Waals surface area contributed by atoms with Crippen LogP contribution in [0.15, 0.2) is 271 Å². The van der Waals surface area contributed by atoms with Crippen molar-refractivity contribution in [1.29, 1.82) is 0 Å². The predicted octanol–water partition coefficient (Wildman–Crippen LogP) is 22.0. The van der Waals surface area contributed by atoms with E-state index in [9.17, 15) is 0 Å².